The first kappa shape index (κ1) is 30.1. The Hall–Kier alpha value is -3.41. The fourth-order valence-corrected chi connectivity index (χ4v) is 4.71. The first-order valence-corrected chi connectivity index (χ1v) is 13.0. The molecule has 1 aromatic heterocycles. The number of phosphoric acid groups is 1. The van der Waals surface area contributed by atoms with E-state index < -0.39 is 69.1 Å². The van der Waals surface area contributed by atoms with E-state index in [-0.39, 0.29) is 11.6 Å². The van der Waals surface area contributed by atoms with Crippen molar-refractivity contribution in [2.45, 2.75) is 57.1 Å². The SMILES string of the molecule is CC(C)OC(=O)[C@H](C)O[P@](=O)(OC[C@H]1O[C@@H](n2ncc(N)nc2=O)C(F)(C#CCF)[C@H]1O)Oc1ccccc1. The third kappa shape index (κ3) is 7.37. The highest BCUT2D eigenvalue weighted by Crippen LogP contribution is 2.52. The number of hydrogen-bond donors (Lipinski definition) is 2. The molecular formula is C23H27F2N4O9P. The largest absolute Gasteiger partial charge is 0.530 e. The van der Waals surface area contributed by atoms with Crippen molar-refractivity contribution in [1.82, 2.24) is 14.8 Å². The number of carbonyl (C=O) groups is 1. The van der Waals surface area contributed by atoms with Crippen LogP contribution in [0.25, 0.3) is 0 Å². The lowest BCUT2D eigenvalue weighted by Gasteiger charge is -2.24. The second-order valence-electron chi connectivity index (χ2n) is 8.46. The Balaban J connectivity index is 1.88. The molecule has 1 fully saturated rings. The van der Waals surface area contributed by atoms with Gasteiger partial charge >= 0.3 is 19.5 Å². The molecule has 16 heteroatoms. The van der Waals surface area contributed by atoms with E-state index in [2.05, 4.69) is 10.1 Å². The van der Waals surface area contributed by atoms with Crippen molar-refractivity contribution in [3.63, 3.8) is 0 Å². The molecule has 0 saturated carbocycles. The van der Waals surface area contributed by atoms with E-state index in [1.54, 1.807) is 32.0 Å². The highest BCUT2D eigenvalue weighted by atomic mass is 31.2. The number of carbonyl (C=O) groups excluding carboxylic acids is 1. The molecule has 13 nitrogen and oxygen atoms in total. The number of aromatic nitrogens is 3. The minimum atomic E-state index is -4.67. The zero-order chi connectivity index (χ0) is 28.8. The van der Waals surface area contributed by atoms with Crippen LogP contribution in [0.2, 0.25) is 0 Å². The Morgan fingerprint density at radius 1 is 1.33 bits per heavy atom. The van der Waals surface area contributed by atoms with Crippen LogP contribution >= 0.6 is 7.82 Å². The van der Waals surface area contributed by atoms with E-state index in [1.165, 1.54) is 19.1 Å². The molecule has 0 amide bonds. The van der Waals surface area contributed by atoms with Gasteiger partial charge in [0.05, 0.1) is 18.9 Å². The predicted molar refractivity (Wildman–Crippen MR) is 131 cm³/mol. The minimum Gasteiger partial charge on any atom is -0.461 e. The second kappa shape index (κ2) is 12.6. The van der Waals surface area contributed by atoms with Gasteiger partial charge < -0.3 is 24.8 Å². The summed E-state index contributed by atoms with van der Waals surface area (Å²) in [5, 5.41) is 14.4. The van der Waals surface area contributed by atoms with E-state index in [9.17, 15) is 23.7 Å². The van der Waals surface area contributed by atoms with Gasteiger partial charge in [0, 0.05) is 0 Å². The van der Waals surface area contributed by atoms with Crippen molar-refractivity contribution in [3.8, 4) is 17.6 Å². The lowest BCUT2D eigenvalue weighted by Crippen LogP contribution is -2.45. The third-order valence-corrected chi connectivity index (χ3v) is 6.55. The number of hydrogen-bond acceptors (Lipinski definition) is 12. The van der Waals surface area contributed by atoms with Crippen LogP contribution in [0.4, 0.5) is 14.6 Å². The standard InChI is InChI=1S/C23H27F2N4O9P/c1-14(2)35-20(31)15(3)37-39(33,38-16-8-5-4-6-9-16)34-13-17-19(30)23(25,10-7-11-24)21(36-17)29-22(32)28-18(26)12-27-29/h4-6,8-9,12,14-15,17,19,21,30H,11,13H2,1-3H3,(H2,26,28,32)/t15-,17+,19-,21+,23?,39-/m0/s1. The zero-order valence-corrected chi connectivity index (χ0v) is 22.0. The maximum Gasteiger partial charge on any atom is 0.530 e. The van der Waals surface area contributed by atoms with Crippen molar-refractivity contribution in [1.29, 1.82) is 0 Å². The molecule has 0 spiro atoms. The summed E-state index contributed by atoms with van der Waals surface area (Å²) in [5.74, 6) is 2.66. The summed E-state index contributed by atoms with van der Waals surface area (Å²) in [5.41, 5.74) is 1.20. The molecule has 0 bridgehead atoms. The number of ether oxygens (including phenoxy) is 2. The average Bonchev–Trinajstić information content (AvgIpc) is 3.11. The van der Waals surface area contributed by atoms with Gasteiger partial charge in [-0.3, -0.25) is 9.05 Å². The Bertz CT molecular complexity index is 1320. The summed E-state index contributed by atoms with van der Waals surface area (Å²) in [4.78, 5) is 28.0. The molecule has 1 saturated heterocycles. The average molecular weight is 572 g/mol. The lowest BCUT2D eigenvalue weighted by atomic mass is 9.97. The number of nitrogens with two attached hydrogens (primary N) is 1. The Kier molecular flexibility index (Phi) is 9.76. The lowest BCUT2D eigenvalue weighted by molar-refractivity contribution is -0.156. The molecule has 1 aliphatic heterocycles. The van der Waals surface area contributed by atoms with Gasteiger partial charge in [0.15, 0.2) is 6.10 Å². The summed E-state index contributed by atoms with van der Waals surface area (Å²) < 4.78 is 69.2. The molecular weight excluding hydrogens is 545 g/mol. The summed E-state index contributed by atoms with van der Waals surface area (Å²) in [6.07, 6.45) is -6.84. The van der Waals surface area contributed by atoms with Crippen molar-refractivity contribution < 1.29 is 46.3 Å². The number of rotatable bonds is 10. The fraction of sp³-hybridized carbons (Fsp3) is 0.478. The van der Waals surface area contributed by atoms with Crippen LogP contribution < -0.4 is 15.9 Å². The number of esters is 1. The molecule has 2 heterocycles. The fourth-order valence-electron chi connectivity index (χ4n) is 3.37. The number of para-hydroxylation sites is 1. The van der Waals surface area contributed by atoms with Crippen LogP contribution in [0.1, 0.15) is 27.0 Å². The Labute approximate surface area is 221 Å². The van der Waals surface area contributed by atoms with E-state index in [4.69, 9.17) is 28.8 Å². The number of aliphatic hydroxyl groups excluding tert-OH is 1. The molecule has 39 heavy (non-hydrogen) atoms. The molecule has 0 radical (unpaired) electrons. The summed E-state index contributed by atoms with van der Waals surface area (Å²) in [6, 6.07) is 7.65. The molecule has 1 aliphatic rings. The van der Waals surface area contributed by atoms with Crippen molar-refractivity contribution in [2.24, 2.45) is 0 Å². The van der Waals surface area contributed by atoms with E-state index >= 15 is 4.39 Å². The number of aliphatic hydroxyl groups is 1. The van der Waals surface area contributed by atoms with Crippen LogP contribution in [0.15, 0.2) is 41.3 Å². The molecule has 212 valence electrons. The van der Waals surface area contributed by atoms with Crippen LogP contribution in [0.3, 0.4) is 0 Å². The van der Waals surface area contributed by atoms with Gasteiger partial charge in [-0.05, 0) is 32.9 Å². The predicted octanol–water partition coefficient (Wildman–Crippen LogP) is 1.72. The number of benzene rings is 1. The smallest absolute Gasteiger partial charge is 0.461 e. The number of nitrogen functional groups attached to an aromatic ring is 1. The topological polar surface area (TPSA) is 174 Å². The maximum absolute atomic E-state index is 16.0. The summed E-state index contributed by atoms with van der Waals surface area (Å²) in [7, 11) is -4.67. The normalized spacial score (nSPS) is 24.8. The zero-order valence-electron chi connectivity index (χ0n) is 21.1. The van der Waals surface area contributed by atoms with Gasteiger partial charge in [0.25, 0.3) is 0 Å². The quantitative estimate of drug-likeness (QED) is 0.240. The number of alkyl halides is 2. The molecule has 2 aromatic rings. The highest BCUT2D eigenvalue weighted by molar-refractivity contribution is 7.49. The monoisotopic (exact) mass is 572 g/mol. The molecule has 6 atom stereocenters. The van der Waals surface area contributed by atoms with E-state index in [1.807, 2.05) is 11.8 Å². The first-order chi connectivity index (χ1) is 18.4. The molecule has 1 unspecified atom stereocenters. The number of nitrogens with zero attached hydrogens (tertiary/aromatic N) is 3. The van der Waals surface area contributed by atoms with Gasteiger partial charge in [0.2, 0.25) is 11.9 Å². The summed E-state index contributed by atoms with van der Waals surface area (Å²) in [6.45, 7) is 2.32. The molecule has 0 aliphatic carbocycles. The minimum absolute atomic E-state index is 0.0355. The van der Waals surface area contributed by atoms with Crippen LogP contribution in [-0.4, -0.2) is 69.2 Å². The molecule has 3 rings (SSSR count). The highest BCUT2D eigenvalue weighted by Gasteiger charge is 2.59. The Morgan fingerprint density at radius 2 is 2.03 bits per heavy atom. The van der Waals surface area contributed by atoms with Crippen LogP contribution in [0, 0.1) is 11.8 Å². The van der Waals surface area contributed by atoms with Gasteiger partial charge in [-0.1, -0.05) is 30.0 Å². The molecule has 3 N–H and O–H groups in total. The van der Waals surface area contributed by atoms with Crippen molar-refractivity contribution >= 4 is 19.6 Å². The van der Waals surface area contributed by atoms with E-state index in [0.717, 1.165) is 6.20 Å². The van der Waals surface area contributed by atoms with Gasteiger partial charge in [0.1, 0.15) is 30.4 Å². The second-order valence-corrected chi connectivity index (χ2v) is 10.0. The first-order valence-electron chi connectivity index (χ1n) is 11.6. The third-order valence-electron chi connectivity index (χ3n) is 5.08. The number of phosphoric ester groups is 1. The Morgan fingerprint density at radius 3 is 2.64 bits per heavy atom. The number of halogens is 2. The molecule has 1 aromatic carbocycles. The van der Waals surface area contributed by atoms with E-state index in [0.29, 0.717) is 4.68 Å². The van der Waals surface area contributed by atoms with Crippen molar-refractivity contribution in [3.05, 3.63) is 47.0 Å². The number of anilines is 1. The van der Waals surface area contributed by atoms with Gasteiger partial charge in [-0.25, -0.2) is 22.9 Å². The van der Waals surface area contributed by atoms with Crippen LogP contribution in [-0.2, 0) is 27.9 Å². The maximum atomic E-state index is 16.0. The van der Waals surface area contributed by atoms with Crippen molar-refractivity contribution in [2.75, 3.05) is 19.0 Å². The summed E-state index contributed by atoms with van der Waals surface area (Å²) >= 11 is 0. The van der Waals surface area contributed by atoms with Crippen LogP contribution in [0.5, 0.6) is 5.75 Å². The van der Waals surface area contributed by atoms with Gasteiger partial charge in [-0.2, -0.15) is 14.8 Å². The van der Waals surface area contributed by atoms with Gasteiger partial charge in [-0.15, -0.1) is 0 Å².